The third-order valence-electron chi connectivity index (χ3n) is 2.93. The number of aromatic nitrogens is 3. The second kappa shape index (κ2) is 3.76. The fourth-order valence-electron chi connectivity index (χ4n) is 2.05. The molecular formula is C10H9ClF2N4O. The molecule has 96 valence electrons. The lowest BCUT2D eigenvalue weighted by Crippen LogP contribution is -2.31. The van der Waals surface area contributed by atoms with Gasteiger partial charge in [-0.05, 0) is 0 Å². The van der Waals surface area contributed by atoms with Gasteiger partial charge < -0.3 is 10.0 Å². The van der Waals surface area contributed by atoms with Crippen LogP contribution in [-0.4, -0.2) is 44.8 Å². The minimum Gasteiger partial charge on any atom is -0.385 e. The number of alkyl halides is 2. The van der Waals surface area contributed by atoms with Crippen molar-refractivity contribution in [1.29, 1.82) is 0 Å². The fraction of sp³-hybridized carbons (Fsp3) is 0.400. The molecule has 5 nitrogen and oxygen atoms in total. The largest absolute Gasteiger partial charge is 0.385 e. The molecule has 0 amide bonds. The maximum atomic E-state index is 13.3. The van der Waals surface area contributed by atoms with E-state index in [1.807, 2.05) is 0 Å². The van der Waals surface area contributed by atoms with E-state index in [1.54, 1.807) is 6.20 Å². The fourth-order valence-corrected chi connectivity index (χ4v) is 2.24. The SMILES string of the molecule is OC1CN(c2cc(Cl)nn3ccnc23)CC1(F)F. The Morgan fingerprint density at radius 3 is 2.94 bits per heavy atom. The first kappa shape index (κ1) is 11.6. The Bertz CT molecular complexity index is 603. The van der Waals surface area contributed by atoms with Crippen LogP contribution in [0.15, 0.2) is 18.5 Å². The molecule has 1 aliphatic heterocycles. The van der Waals surface area contributed by atoms with Gasteiger partial charge in [-0.25, -0.2) is 18.3 Å². The Hall–Kier alpha value is -1.47. The molecule has 2 aromatic heterocycles. The lowest BCUT2D eigenvalue weighted by Gasteiger charge is -2.18. The summed E-state index contributed by atoms with van der Waals surface area (Å²) >= 11 is 5.83. The van der Waals surface area contributed by atoms with Crippen LogP contribution in [-0.2, 0) is 0 Å². The van der Waals surface area contributed by atoms with Crippen LogP contribution in [0.4, 0.5) is 14.5 Å². The number of hydrogen-bond donors (Lipinski definition) is 1. The number of aliphatic hydroxyl groups is 1. The number of rotatable bonds is 1. The summed E-state index contributed by atoms with van der Waals surface area (Å²) in [5.74, 6) is -3.13. The minimum atomic E-state index is -3.13. The Kier molecular flexibility index (Phi) is 2.43. The Balaban J connectivity index is 2.07. The van der Waals surface area contributed by atoms with Crippen molar-refractivity contribution in [3.05, 3.63) is 23.6 Å². The molecule has 0 aromatic carbocycles. The van der Waals surface area contributed by atoms with E-state index in [1.165, 1.54) is 21.7 Å². The molecule has 8 heteroatoms. The molecule has 1 atom stereocenters. The van der Waals surface area contributed by atoms with Crippen molar-refractivity contribution in [2.45, 2.75) is 12.0 Å². The lowest BCUT2D eigenvalue weighted by molar-refractivity contribution is -0.0712. The zero-order valence-corrected chi connectivity index (χ0v) is 9.85. The van der Waals surface area contributed by atoms with Gasteiger partial charge in [0.25, 0.3) is 5.92 Å². The van der Waals surface area contributed by atoms with Crippen molar-refractivity contribution in [2.75, 3.05) is 18.0 Å². The second-order valence-electron chi connectivity index (χ2n) is 4.21. The van der Waals surface area contributed by atoms with E-state index >= 15 is 0 Å². The van der Waals surface area contributed by atoms with E-state index in [-0.39, 0.29) is 11.7 Å². The van der Waals surface area contributed by atoms with Crippen molar-refractivity contribution in [2.24, 2.45) is 0 Å². The quantitative estimate of drug-likeness (QED) is 0.849. The van der Waals surface area contributed by atoms with Gasteiger partial charge in [-0.1, -0.05) is 11.6 Å². The van der Waals surface area contributed by atoms with Gasteiger partial charge in [0.2, 0.25) is 0 Å². The van der Waals surface area contributed by atoms with Crippen LogP contribution in [0.5, 0.6) is 0 Å². The Morgan fingerprint density at radius 1 is 1.50 bits per heavy atom. The van der Waals surface area contributed by atoms with Crippen LogP contribution in [0, 0.1) is 0 Å². The highest BCUT2D eigenvalue weighted by Crippen LogP contribution is 2.33. The highest BCUT2D eigenvalue weighted by Gasteiger charge is 2.47. The number of nitrogens with zero attached hydrogens (tertiary/aromatic N) is 4. The van der Waals surface area contributed by atoms with Gasteiger partial charge in [0.05, 0.1) is 18.8 Å². The molecule has 0 bridgehead atoms. The lowest BCUT2D eigenvalue weighted by atomic mass is 10.2. The monoisotopic (exact) mass is 274 g/mol. The van der Waals surface area contributed by atoms with Gasteiger partial charge in [0.1, 0.15) is 6.10 Å². The predicted octanol–water partition coefficient (Wildman–Crippen LogP) is 1.20. The van der Waals surface area contributed by atoms with Gasteiger partial charge in [-0.3, -0.25) is 0 Å². The topological polar surface area (TPSA) is 53.7 Å². The molecule has 1 unspecified atom stereocenters. The highest BCUT2D eigenvalue weighted by molar-refractivity contribution is 6.29. The third kappa shape index (κ3) is 1.70. The molecule has 3 rings (SSSR count). The third-order valence-corrected chi connectivity index (χ3v) is 3.12. The summed E-state index contributed by atoms with van der Waals surface area (Å²) in [6.45, 7) is -0.715. The van der Waals surface area contributed by atoms with Crippen molar-refractivity contribution in [3.8, 4) is 0 Å². The second-order valence-corrected chi connectivity index (χ2v) is 4.59. The average Bonchev–Trinajstić information content (AvgIpc) is 2.83. The van der Waals surface area contributed by atoms with Crippen LogP contribution in [0.1, 0.15) is 0 Å². The van der Waals surface area contributed by atoms with Crippen molar-refractivity contribution < 1.29 is 13.9 Å². The number of fused-ring (bicyclic) bond motifs is 1. The summed E-state index contributed by atoms with van der Waals surface area (Å²) in [4.78, 5) is 5.41. The van der Waals surface area contributed by atoms with Crippen LogP contribution >= 0.6 is 11.6 Å². The molecule has 1 saturated heterocycles. The smallest absolute Gasteiger partial charge is 0.292 e. The minimum absolute atomic E-state index is 0.157. The summed E-state index contributed by atoms with van der Waals surface area (Å²) in [7, 11) is 0. The standard InChI is InChI=1S/C10H9ClF2N4O/c11-8-3-6(9-14-1-2-17(9)15-8)16-4-7(18)10(12,13)5-16/h1-3,7,18H,4-5H2. The molecule has 3 heterocycles. The molecular weight excluding hydrogens is 266 g/mol. The van der Waals surface area contributed by atoms with E-state index in [2.05, 4.69) is 10.1 Å². The normalized spacial score (nSPS) is 22.9. The average molecular weight is 275 g/mol. The zero-order chi connectivity index (χ0) is 12.9. The van der Waals surface area contributed by atoms with Crippen LogP contribution in [0.3, 0.4) is 0 Å². The van der Waals surface area contributed by atoms with Crippen LogP contribution < -0.4 is 4.90 Å². The zero-order valence-electron chi connectivity index (χ0n) is 9.09. The number of halogens is 3. The first-order chi connectivity index (χ1) is 8.47. The summed E-state index contributed by atoms with van der Waals surface area (Å²) in [5, 5.41) is 13.5. The van der Waals surface area contributed by atoms with Crippen molar-refractivity contribution in [1.82, 2.24) is 14.6 Å². The van der Waals surface area contributed by atoms with E-state index in [0.29, 0.717) is 11.3 Å². The summed E-state index contributed by atoms with van der Waals surface area (Å²) in [6, 6.07) is 1.47. The summed E-state index contributed by atoms with van der Waals surface area (Å²) in [6.07, 6.45) is 1.40. The number of imidazole rings is 1. The highest BCUT2D eigenvalue weighted by atomic mass is 35.5. The molecule has 0 radical (unpaired) electrons. The number of aliphatic hydroxyl groups excluding tert-OH is 1. The van der Waals surface area contributed by atoms with Crippen molar-refractivity contribution >= 4 is 22.9 Å². The van der Waals surface area contributed by atoms with Crippen LogP contribution in [0.25, 0.3) is 5.65 Å². The molecule has 1 N–H and O–H groups in total. The molecule has 0 spiro atoms. The van der Waals surface area contributed by atoms with E-state index in [9.17, 15) is 13.9 Å². The van der Waals surface area contributed by atoms with Gasteiger partial charge in [0, 0.05) is 18.5 Å². The molecule has 18 heavy (non-hydrogen) atoms. The summed E-state index contributed by atoms with van der Waals surface area (Å²) in [5.41, 5.74) is 0.875. The van der Waals surface area contributed by atoms with Crippen LogP contribution in [0.2, 0.25) is 5.15 Å². The van der Waals surface area contributed by atoms with E-state index in [0.717, 1.165) is 0 Å². The molecule has 1 aliphatic rings. The molecule has 0 aliphatic carbocycles. The maximum Gasteiger partial charge on any atom is 0.292 e. The van der Waals surface area contributed by atoms with Crippen molar-refractivity contribution in [3.63, 3.8) is 0 Å². The van der Waals surface area contributed by atoms with Gasteiger partial charge in [-0.15, -0.1) is 0 Å². The van der Waals surface area contributed by atoms with Gasteiger partial charge >= 0.3 is 0 Å². The first-order valence-corrected chi connectivity index (χ1v) is 5.66. The number of hydrogen-bond acceptors (Lipinski definition) is 4. The predicted molar refractivity (Wildman–Crippen MR) is 61.2 cm³/mol. The van der Waals surface area contributed by atoms with E-state index < -0.39 is 18.6 Å². The molecule has 2 aromatic rings. The number of β-amino-alcohol motifs (C(OH)–C–C–N with tert-alkyl or cyclic N) is 1. The van der Waals surface area contributed by atoms with Gasteiger partial charge in [0.15, 0.2) is 10.8 Å². The maximum absolute atomic E-state index is 13.3. The Labute approximate surface area is 106 Å². The summed E-state index contributed by atoms with van der Waals surface area (Å²) < 4.78 is 28.1. The van der Waals surface area contributed by atoms with E-state index in [4.69, 9.17) is 11.6 Å². The Morgan fingerprint density at radius 2 is 2.28 bits per heavy atom. The molecule has 1 fully saturated rings. The number of anilines is 1. The first-order valence-electron chi connectivity index (χ1n) is 5.28. The van der Waals surface area contributed by atoms with Gasteiger partial charge in [-0.2, -0.15) is 5.10 Å². The molecule has 0 saturated carbocycles.